The first-order valence-electron chi connectivity index (χ1n) is 5.57. The second-order valence-electron chi connectivity index (χ2n) is 4.02. The quantitative estimate of drug-likeness (QED) is 0.831. The monoisotopic (exact) mass is 328 g/mol. The number of aromatic carboxylic acids is 1. The van der Waals surface area contributed by atoms with E-state index in [1.54, 1.807) is 12.1 Å². The molecule has 0 bridgehead atoms. The first-order valence-corrected chi connectivity index (χ1v) is 6.98. The van der Waals surface area contributed by atoms with Crippen molar-refractivity contribution in [2.75, 3.05) is 5.73 Å². The molecule has 1 aromatic carbocycles. The Kier molecular flexibility index (Phi) is 4.29. The minimum absolute atomic E-state index is 0.0443. The predicted molar refractivity (Wildman–Crippen MR) is 75.3 cm³/mol. The number of benzene rings is 1. The zero-order chi connectivity index (χ0) is 15.6. The van der Waals surface area contributed by atoms with Gasteiger partial charge in [-0.2, -0.15) is 8.42 Å². The zero-order valence-electron chi connectivity index (χ0n) is 10.4. The van der Waals surface area contributed by atoms with Gasteiger partial charge in [-0.3, -0.25) is 0 Å². The Morgan fingerprint density at radius 3 is 2.71 bits per heavy atom. The molecule has 0 atom stereocenters. The number of nitrogen functional groups attached to an aromatic ring is 1. The molecule has 0 spiro atoms. The number of furan rings is 1. The minimum atomic E-state index is -2.77. The van der Waals surface area contributed by atoms with E-state index < -0.39 is 16.5 Å². The van der Waals surface area contributed by atoms with E-state index in [9.17, 15) is 18.3 Å². The largest absolute Gasteiger partial charge is 0.478 e. The lowest BCUT2D eigenvalue weighted by molar-refractivity contribution is 0.0696. The Bertz CT molecular complexity index is 820. The molecule has 1 heterocycles. The highest BCUT2D eigenvalue weighted by molar-refractivity contribution is 7.61. The second-order valence-corrected chi connectivity index (χ2v) is 5.01. The van der Waals surface area contributed by atoms with E-state index in [2.05, 4.69) is 4.36 Å². The van der Waals surface area contributed by atoms with Crippen molar-refractivity contribution in [1.29, 1.82) is 0 Å². The van der Waals surface area contributed by atoms with Gasteiger partial charge in [-0.05, 0) is 23.8 Å². The number of hydrogen-bond donors (Lipinski definition) is 2. The molecule has 0 radical (unpaired) electrons. The van der Waals surface area contributed by atoms with Crippen LogP contribution in [-0.4, -0.2) is 19.5 Å². The first kappa shape index (κ1) is 15.1. The fourth-order valence-electron chi connectivity index (χ4n) is 1.82. The van der Waals surface area contributed by atoms with Crippen molar-refractivity contribution in [2.45, 2.75) is 6.42 Å². The molecule has 0 amide bonds. The van der Waals surface area contributed by atoms with Gasteiger partial charge in [0.1, 0.15) is 11.4 Å². The van der Waals surface area contributed by atoms with E-state index in [1.165, 1.54) is 6.26 Å². The van der Waals surface area contributed by atoms with Gasteiger partial charge in [0, 0.05) is 6.42 Å². The maximum Gasteiger partial charge on any atom is 0.336 e. The highest BCUT2D eigenvalue weighted by Gasteiger charge is 2.20. The van der Waals surface area contributed by atoms with Crippen LogP contribution in [0.2, 0.25) is 5.02 Å². The molecular weight excluding hydrogens is 320 g/mol. The molecule has 0 saturated carbocycles. The van der Waals surface area contributed by atoms with Crippen molar-refractivity contribution < 1.29 is 22.7 Å². The van der Waals surface area contributed by atoms with Gasteiger partial charge in [-0.25, -0.2) is 4.79 Å². The van der Waals surface area contributed by atoms with E-state index in [-0.39, 0.29) is 33.9 Å². The lowest BCUT2D eigenvalue weighted by atomic mass is 10.00. The summed E-state index contributed by atoms with van der Waals surface area (Å²) in [5.74, 6) is -0.773. The molecule has 0 unspecified atom stereocenters. The Morgan fingerprint density at radius 2 is 2.19 bits per heavy atom. The smallest absolute Gasteiger partial charge is 0.336 e. The summed E-state index contributed by atoms with van der Waals surface area (Å²) in [5.41, 5.74) is 5.60. The Morgan fingerprint density at radius 1 is 1.48 bits per heavy atom. The maximum atomic E-state index is 11.3. The molecule has 3 N–H and O–H groups in total. The van der Waals surface area contributed by atoms with Crippen molar-refractivity contribution in [3.63, 3.8) is 0 Å². The molecule has 2 aromatic rings. The molecule has 7 nitrogen and oxygen atoms in total. The standard InChI is InChI=1S/C12H9ClN2O5S/c13-10-9(15-21(18)19)5-8(12(16)17)7(11(10)14)4-6-2-1-3-20-6/h1-3,5H,4,14H2,(H,16,17). The number of anilines is 1. The molecule has 0 fully saturated rings. The van der Waals surface area contributed by atoms with Crippen LogP contribution in [0.1, 0.15) is 21.7 Å². The van der Waals surface area contributed by atoms with Gasteiger partial charge in [0.05, 0.1) is 22.5 Å². The third-order valence-electron chi connectivity index (χ3n) is 2.73. The fraction of sp³-hybridized carbons (Fsp3) is 0.0833. The average molecular weight is 329 g/mol. The van der Waals surface area contributed by atoms with Crippen LogP contribution in [-0.2, 0) is 16.9 Å². The van der Waals surface area contributed by atoms with Crippen molar-refractivity contribution in [1.82, 2.24) is 0 Å². The third-order valence-corrected chi connectivity index (χ3v) is 3.47. The molecular formula is C12H9ClN2O5S. The third kappa shape index (κ3) is 3.23. The number of carboxylic acid groups (broad SMARTS) is 1. The summed E-state index contributed by atoms with van der Waals surface area (Å²) in [7, 11) is -2.77. The Hall–Kier alpha value is -2.32. The molecule has 0 saturated heterocycles. The predicted octanol–water partition coefficient (Wildman–Crippen LogP) is 2.50. The summed E-state index contributed by atoms with van der Waals surface area (Å²) < 4.78 is 29.6. The Labute approximate surface area is 125 Å². The SMILES string of the molecule is Nc1c(Cl)c(N=S(=O)=O)cc(C(=O)O)c1Cc1ccco1. The van der Waals surface area contributed by atoms with Gasteiger partial charge in [0.2, 0.25) is 0 Å². The van der Waals surface area contributed by atoms with Gasteiger partial charge in [-0.15, -0.1) is 4.36 Å². The van der Waals surface area contributed by atoms with Crippen molar-refractivity contribution in [3.8, 4) is 0 Å². The van der Waals surface area contributed by atoms with E-state index in [1.807, 2.05) is 0 Å². The van der Waals surface area contributed by atoms with Crippen molar-refractivity contribution >= 4 is 39.4 Å². The van der Waals surface area contributed by atoms with E-state index >= 15 is 0 Å². The molecule has 0 aliphatic carbocycles. The lowest BCUT2D eigenvalue weighted by Crippen LogP contribution is -2.07. The number of rotatable bonds is 4. The molecule has 0 aliphatic heterocycles. The van der Waals surface area contributed by atoms with Crippen LogP contribution >= 0.6 is 11.6 Å². The molecule has 2 rings (SSSR count). The number of carbonyl (C=O) groups is 1. The summed E-state index contributed by atoms with van der Waals surface area (Å²) in [6.07, 6.45) is 1.55. The van der Waals surface area contributed by atoms with Gasteiger partial charge in [-0.1, -0.05) is 11.6 Å². The summed E-state index contributed by atoms with van der Waals surface area (Å²) in [6.45, 7) is 0. The highest BCUT2D eigenvalue weighted by Crippen LogP contribution is 2.37. The lowest BCUT2D eigenvalue weighted by Gasteiger charge is -2.11. The van der Waals surface area contributed by atoms with Crippen molar-refractivity contribution in [3.05, 3.63) is 46.4 Å². The van der Waals surface area contributed by atoms with E-state index in [0.717, 1.165) is 6.07 Å². The van der Waals surface area contributed by atoms with Crippen LogP contribution in [0.5, 0.6) is 0 Å². The molecule has 1 aromatic heterocycles. The first-order chi connectivity index (χ1) is 9.90. The topological polar surface area (TPSA) is 123 Å². The van der Waals surface area contributed by atoms with Gasteiger partial charge in [0.15, 0.2) is 0 Å². The molecule has 110 valence electrons. The van der Waals surface area contributed by atoms with E-state index in [4.69, 9.17) is 21.8 Å². The summed E-state index contributed by atoms with van der Waals surface area (Å²) in [5, 5.41) is 9.12. The van der Waals surface area contributed by atoms with Gasteiger partial charge in [0.25, 0.3) is 0 Å². The normalized spacial score (nSPS) is 10.3. The average Bonchev–Trinajstić information content (AvgIpc) is 2.90. The van der Waals surface area contributed by atoms with Crippen molar-refractivity contribution in [2.24, 2.45) is 4.36 Å². The zero-order valence-corrected chi connectivity index (χ0v) is 12.0. The fourth-order valence-corrected chi connectivity index (χ4v) is 2.38. The van der Waals surface area contributed by atoms with Crippen LogP contribution in [0.15, 0.2) is 33.2 Å². The molecule has 0 aliphatic rings. The van der Waals surface area contributed by atoms with Crippen LogP contribution in [0, 0.1) is 0 Å². The number of nitrogens with zero attached hydrogens (tertiary/aromatic N) is 1. The summed E-state index contributed by atoms with van der Waals surface area (Å²) in [6, 6.07) is 4.37. The molecule has 9 heteroatoms. The highest BCUT2D eigenvalue weighted by atomic mass is 35.5. The van der Waals surface area contributed by atoms with Crippen LogP contribution in [0.25, 0.3) is 0 Å². The number of hydrogen-bond acceptors (Lipinski definition) is 6. The van der Waals surface area contributed by atoms with Crippen LogP contribution < -0.4 is 5.73 Å². The Balaban J connectivity index is 2.66. The maximum absolute atomic E-state index is 11.3. The summed E-state index contributed by atoms with van der Waals surface area (Å²) in [4.78, 5) is 11.3. The van der Waals surface area contributed by atoms with Crippen LogP contribution in [0.4, 0.5) is 11.4 Å². The molecule has 21 heavy (non-hydrogen) atoms. The number of nitrogens with two attached hydrogens (primary N) is 1. The van der Waals surface area contributed by atoms with Gasteiger partial charge >= 0.3 is 16.5 Å². The summed E-state index contributed by atoms with van der Waals surface area (Å²) >= 11 is 5.94. The minimum Gasteiger partial charge on any atom is -0.478 e. The number of carboxylic acids is 1. The van der Waals surface area contributed by atoms with Crippen LogP contribution in [0.3, 0.4) is 0 Å². The number of halogens is 1. The van der Waals surface area contributed by atoms with Gasteiger partial charge < -0.3 is 15.3 Å². The van der Waals surface area contributed by atoms with E-state index in [0.29, 0.717) is 5.76 Å². The second kappa shape index (κ2) is 5.98.